The zero-order valence-electron chi connectivity index (χ0n) is 12.3. The Bertz CT molecular complexity index is 1180. The first-order valence-electron chi connectivity index (χ1n) is 7.00. The zero-order valence-corrected chi connectivity index (χ0v) is 13.9. The Balaban J connectivity index is 2.00. The third kappa shape index (κ3) is 2.32. The van der Waals surface area contributed by atoms with Gasteiger partial charge in [0.05, 0.1) is 15.1 Å². The first kappa shape index (κ1) is 15.0. The highest BCUT2D eigenvalue weighted by Crippen LogP contribution is 2.40. The molecular formula is C16H12N4O2S2. The summed E-state index contributed by atoms with van der Waals surface area (Å²) in [4.78, 5) is 8.50. The summed E-state index contributed by atoms with van der Waals surface area (Å²) < 4.78 is 24.7. The van der Waals surface area contributed by atoms with Crippen molar-refractivity contribution in [2.24, 2.45) is 5.14 Å². The second kappa shape index (κ2) is 5.23. The lowest BCUT2D eigenvalue weighted by atomic mass is 10.0. The van der Waals surface area contributed by atoms with Gasteiger partial charge < -0.3 is 5.73 Å². The van der Waals surface area contributed by atoms with E-state index in [1.54, 1.807) is 12.1 Å². The number of nitrogen functional groups attached to an aromatic ring is 1. The first-order valence-corrected chi connectivity index (χ1v) is 9.36. The molecule has 0 bridgehead atoms. The van der Waals surface area contributed by atoms with E-state index in [0.29, 0.717) is 5.82 Å². The van der Waals surface area contributed by atoms with Crippen LogP contribution < -0.4 is 10.9 Å². The highest BCUT2D eigenvalue weighted by atomic mass is 32.2. The van der Waals surface area contributed by atoms with E-state index in [-0.39, 0.29) is 4.90 Å². The fourth-order valence-corrected chi connectivity index (χ4v) is 4.30. The highest BCUT2D eigenvalue weighted by Gasteiger charge is 2.14. The second-order valence-corrected chi connectivity index (χ2v) is 7.90. The van der Waals surface area contributed by atoms with E-state index in [1.807, 2.05) is 18.2 Å². The number of rotatable bonds is 2. The Labute approximate surface area is 141 Å². The largest absolute Gasteiger partial charge is 0.382 e. The van der Waals surface area contributed by atoms with Crippen molar-refractivity contribution in [2.45, 2.75) is 4.90 Å². The number of nitrogens with zero attached hydrogens (tertiary/aromatic N) is 2. The lowest BCUT2D eigenvalue weighted by Gasteiger charge is -2.05. The van der Waals surface area contributed by atoms with Crippen molar-refractivity contribution in [3.05, 3.63) is 48.8 Å². The number of fused-ring (bicyclic) bond motifs is 3. The van der Waals surface area contributed by atoms with E-state index >= 15 is 0 Å². The summed E-state index contributed by atoms with van der Waals surface area (Å²) in [6.07, 6.45) is 1.45. The van der Waals surface area contributed by atoms with Crippen LogP contribution in [-0.2, 0) is 10.0 Å². The molecule has 0 radical (unpaired) electrons. The Morgan fingerprint density at radius 1 is 1.00 bits per heavy atom. The minimum absolute atomic E-state index is 0.0835. The van der Waals surface area contributed by atoms with Crippen LogP contribution in [0.3, 0.4) is 0 Å². The molecule has 0 fully saturated rings. The fraction of sp³-hybridized carbons (Fsp3) is 0. The summed E-state index contributed by atoms with van der Waals surface area (Å²) in [6.45, 7) is 0. The summed E-state index contributed by atoms with van der Waals surface area (Å²) in [5, 5.41) is 6.14. The van der Waals surface area contributed by atoms with Gasteiger partial charge in [-0.1, -0.05) is 24.3 Å². The second-order valence-electron chi connectivity index (χ2n) is 5.29. The molecule has 0 aliphatic heterocycles. The molecule has 0 amide bonds. The molecule has 0 aliphatic carbocycles. The van der Waals surface area contributed by atoms with E-state index in [9.17, 15) is 8.42 Å². The number of aromatic nitrogens is 2. The molecule has 0 aliphatic rings. The van der Waals surface area contributed by atoms with Crippen molar-refractivity contribution in [1.29, 1.82) is 0 Å². The predicted octanol–water partition coefficient (Wildman–Crippen LogP) is 2.74. The SMILES string of the molecule is Nc1ncnc2c1sc1cccc(-c3ccc(S(N)(=O)=O)cc3)c12. The minimum Gasteiger partial charge on any atom is -0.382 e. The van der Waals surface area contributed by atoms with Gasteiger partial charge in [-0.15, -0.1) is 11.3 Å². The van der Waals surface area contributed by atoms with Crippen molar-refractivity contribution in [3.8, 4) is 11.1 Å². The molecule has 2 aromatic heterocycles. The first-order chi connectivity index (χ1) is 11.4. The van der Waals surface area contributed by atoms with Gasteiger partial charge in [0.2, 0.25) is 10.0 Å². The number of primary sulfonamides is 1. The van der Waals surface area contributed by atoms with Crippen LogP contribution in [0.25, 0.3) is 31.4 Å². The van der Waals surface area contributed by atoms with Crippen LogP contribution in [0.4, 0.5) is 5.82 Å². The van der Waals surface area contributed by atoms with Gasteiger partial charge in [-0.05, 0) is 29.3 Å². The standard InChI is InChI=1S/C16H12N4O2S2/c17-16-15-14(19-8-20-16)13-11(2-1-3-12(13)23-15)9-4-6-10(7-5-9)24(18,21)22/h1-8H,(H2,17,19,20)(H2,18,21,22). The van der Waals surface area contributed by atoms with E-state index in [4.69, 9.17) is 10.9 Å². The van der Waals surface area contributed by atoms with E-state index in [2.05, 4.69) is 9.97 Å². The number of sulfonamides is 1. The molecule has 0 atom stereocenters. The number of hydrogen-bond acceptors (Lipinski definition) is 6. The third-order valence-corrected chi connectivity index (χ3v) is 5.90. The van der Waals surface area contributed by atoms with Crippen LogP contribution in [0.5, 0.6) is 0 Å². The summed E-state index contributed by atoms with van der Waals surface area (Å²) in [5.41, 5.74) is 8.59. The highest BCUT2D eigenvalue weighted by molar-refractivity contribution is 7.89. The molecular weight excluding hydrogens is 344 g/mol. The van der Waals surface area contributed by atoms with E-state index in [0.717, 1.165) is 31.4 Å². The van der Waals surface area contributed by atoms with Gasteiger partial charge in [-0.3, -0.25) is 0 Å². The Hall–Kier alpha value is -2.55. The smallest absolute Gasteiger partial charge is 0.238 e. The normalized spacial score (nSPS) is 12.0. The molecule has 2 heterocycles. The van der Waals surface area contributed by atoms with Crippen LogP contribution in [0.15, 0.2) is 53.7 Å². The third-order valence-electron chi connectivity index (χ3n) is 3.80. The molecule has 0 spiro atoms. The monoisotopic (exact) mass is 356 g/mol. The Morgan fingerprint density at radius 3 is 2.46 bits per heavy atom. The van der Waals surface area contributed by atoms with Crippen molar-refractivity contribution >= 4 is 47.5 Å². The van der Waals surface area contributed by atoms with Gasteiger partial charge in [-0.25, -0.2) is 23.5 Å². The lowest BCUT2D eigenvalue weighted by Crippen LogP contribution is -2.11. The zero-order chi connectivity index (χ0) is 16.9. The number of nitrogens with two attached hydrogens (primary N) is 2. The van der Waals surface area contributed by atoms with Gasteiger partial charge in [0.1, 0.15) is 12.1 Å². The van der Waals surface area contributed by atoms with Gasteiger partial charge in [0, 0.05) is 10.1 Å². The summed E-state index contributed by atoms with van der Waals surface area (Å²) >= 11 is 1.54. The number of hydrogen-bond donors (Lipinski definition) is 2. The van der Waals surface area contributed by atoms with Crippen LogP contribution in [0, 0.1) is 0 Å². The van der Waals surface area contributed by atoms with Gasteiger partial charge in [-0.2, -0.15) is 0 Å². The van der Waals surface area contributed by atoms with Crippen LogP contribution in [-0.4, -0.2) is 18.4 Å². The molecule has 120 valence electrons. The average molecular weight is 356 g/mol. The average Bonchev–Trinajstić information content (AvgIpc) is 2.94. The predicted molar refractivity (Wildman–Crippen MR) is 96.1 cm³/mol. The van der Waals surface area contributed by atoms with Crippen molar-refractivity contribution in [1.82, 2.24) is 9.97 Å². The molecule has 24 heavy (non-hydrogen) atoms. The lowest BCUT2D eigenvalue weighted by molar-refractivity contribution is 0.598. The number of anilines is 1. The van der Waals surface area contributed by atoms with Crippen molar-refractivity contribution in [3.63, 3.8) is 0 Å². The Morgan fingerprint density at radius 2 is 1.75 bits per heavy atom. The topological polar surface area (TPSA) is 112 Å². The van der Waals surface area contributed by atoms with Crippen LogP contribution in [0.1, 0.15) is 0 Å². The van der Waals surface area contributed by atoms with Gasteiger partial charge in [0.25, 0.3) is 0 Å². The molecule has 4 aromatic rings. The van der Waals surface area contributed by atoms with E-state index < -0.39 is 10.0 Å². The fourth-order valence-electron chi connectivity index (χ4n) is 2.70. The maximum atomic E-state index is 11.4. The van der Waals surface area contributed by atoms with Gasteiger partial charge in [0.15, 0.2) is 0 Å². The van der Waals surface area contributed by atoms with Crippen molar-refractivity contribution < 1.29 is 8.42 Å². The maximum Gasteiger partial charge on any atom is 0.238 e. The molecule has 2 aromatic carbocycles. The minimum atomic E-state index is -3.71. The summed E-state index contributed by atoms with van der Waals surface area (Å²) in [5.74, 6) is 0.455. The quantitative estimate of drug-likeness (QED) is 0.573. The van der Waals surface area contributed by atoms with Gasteiger partial charge >= 0.3 is 0 Å². The molecule has 6 nitrogen and oxygen atoms in total. The molecule has 0 unspecified atom stereocenters. The van der Waals surface area contributed by atoms with Crippen LogP contribution >= 0.6 is 11.3 Å². The molecule has 4 rings (SSSR count). The Kier molecular flexibility index (Phi) is 3.27. The maximum absolute atomic E-state index is 11.4. The van der Waals surface area contributed by atoms with Crippen LogP contribution in [0.2, 0.25) is 0 Å². The van der Waals surface area contributed by atoms with E-state index in [1.165, 1.54) is 29.8 Å². The molecule has 8 heteroatoms. The molecule has 0 saturated heterocycles. The molecule has 4 N–H and O–H groups in total. The summed E-state index contributed by atoms with van der Waals surface area (Å²) in [7, 11) is -3.71. The molecule has 0 saturated carbocycles. The number of thiophene rings is 1. The summed E-state index contributed by atoms with van der Waals surface area (Å²) in [6, 6.07) is 12.4. The van der Waals surface area contributed by atoms with Crippen molar-refractivity contribution in [2.75, 3.05) is 5.73 Å². The number of benzene rings is 2.